The van der Waals surface area contributed by atoms with Crippen LogP contribution in [-0.4, -0.2) is 28.1 Å². The second-order valence-corrected chi connectivity index (χ2v) is 6.10. The number of amides is 1. The fourth-order valence-electron chi connectivity index (χ4n) is 1.56. The fourth-order valence-corrected chi connectivity index (χ4v) is 3.06. The number of ether oxygens (including phenoxy) is 1. The summed E-state index contributed by atoms with van der Waals surface area (Å²) in [6, 6.07) is 5.10. The molecule has 21 heavy (non-hydrogen) atoms. The lowest BCUT2D eigenvalue weighted by atomic mass is 10.2. The molecule has 0 saturated heterocycles. The van der Waals surface area contributed by atoms with Crippen LogP contribution >= 0.6 is 23.3 Å². The van der Waals surface area contributed by atoms with Crippen LogP contribution in [0.3, 0.4) is 0 Å². The molecular weight excluding hydrogens is 308 g/mol. The van der Waals surface area contributed by atoms with E-state index in [9.17, 15) is 4.79 Å². The van der Waals surface area contributed by atoms with Gasteiger partial charge in [0.1, 0.15) is 11.6 Å². The number of thioether (sulfide) groups is 1. The van der Waals surface area contributed by atoms with Crippen LogP contribution in [-0.2, 0) is 11.2 Å². The Labute approximate surface area is 131 Å². The third-order valence-corrected chi connectivity index (χ3v) is 4.46. The molecule has 0 spiro atoms. The summed E-state index contributed by atoms with van der Waals surface area (Å²) in [5, 5.41) is 2.80. The lowest BCUT2D eigenvalue weighted by Gasteiger charge is -2.10. The van der Waals surface area contributed by atoms with Gasteiger partial charge in [0.15, 0.2) is 4.34 Å². The Morgan fingerprint density at radius 1 is 1.52 bits per heavy atom. The van der Waals surface area contributed by atoms with E-state index in [2.05, 4.69) is 14.7 Å². The third-order valence-electron chi connectivity index (χ3n) is 2.59. The molecule has 6 nitrogen and oxygen atoms in total. The minimum atomic E-state index is -0.128. The normalized spacial score (nSPS) is 10.4. The highest BCUT2D eigenvalue weighted by molar-refractivity contribution is 8.01. The summed E-state index contributed by atoms with van der Waals surface area (Å²) in [5.41, 5.74) is 6.86. The summed E-state index contributed by atoms with van der Waals surface area (Å²) in [5.74, 6) is 1.49. The van der Waals surface area contributed by atoms with Crippen molar-refractivity contribution in [2.24, 2.45) is 0 Å². The lowest BCUT2D eigenvalue weighted by molar-refractivity contribution is -0.113. The number of benzene rings is 1. The predicted molar refractivity (Wildman–Crippen MR) is 86.0 cm³/mol. The predicted octanol–water partition coefficient (Wildman–Crippen LogP) is 2.42. The van der Waals surface area contributed by atoms with Crippen LogP contribution in [0, 0.1) is 0 Å². The van der Waals surface area contributed by atoms with E-state index in [0.717, 1.165) is 16.6 Å². The van der Waals surface area contributed by atoms with E-state index in [1.807, 2.05) is 6.92 Å². The first-order chi connectivity index (χ1) is 10.1. The zero-order valence-electron chi connectivity index (χ0n) is 11.8. The van der Waals surface area contributed by atoms with Gasteiger partial charge in [-0.3, -0.25) is 4.79 Å². The molecule has 8 heteroatoms. The molecule has 3 N–H and O–H groups in total. The van der Waals surface area contributed by atoms with E-state index in [0.29, 0.717) is 17.1 Å². The van der Waals surface area contributed by atoms with Gasteiger partial charge in [-0.25, -0.2) is 4.98 Å². The van der Waals surface area contributed by atoms with Crippen molar-refractivity contribution < 1.29 is 9.53 Å². The van der Waals surface area contributed by atoms with Crippen molar-refractivity contribution in [3.63, 3.8) is 0 Å². The highest BCUT2D eigenvalue weighted by Crippen LogP contribution is 2.27. The van der Waals surface area contributed by atoms with Crippen molar-refractivity contribution in [1.82, 2.24) is 9.36 Å². The molecule has 0 aliphatic heterocycles. The maximum absolute atomic E-state index is 12.0. The summed E-state index contributed by atoms with van der Waals surface area (Å²) in [7, 11) is 1.53. The molecule has 0 radical (unpaired) electrons. The quantitative estimate of drug-likeness (QED) is 0.626. The van der Waals surface area contributed by atoms with Gasteiger partial charge in [0.2, 0.25) is 5.91 Å². The summed E-state index contributed by atoms with van der Waals surface area (Å²) in [4.78, 5) is 16.3. The van der Waals surface area contributed by atoms with Gasteiger partial charge >= 0.3 is 0 Å². The molecule has 0 aliphatic rings. The molecule has 112 valence electrons. The summed E-state index contributed by atoms with van der Waals surface area (Å²) < 4.78 is 10.2. The van der Waals surface area contributed by atoms with Crippen LogP contribution in [0.15, 0.2) is 22.5 Å². The number of anilines is 2. The summed E-state index contributed by atoms with van der Waals surface area (Å²) in [6.07, 6.45) is 0.798. The van der Waals surface area contributed by atoms with Gasteiger partial charge < -0.3 is 15.8 Å². The van der Waals surface area contributed by atoms with Crippen molar-refractivity contribution >= 4 is 40.6 Å². The van der Waals surface area contributed by atoms with Crippen LogP contribution in [0.1, 0.15) is 12.7 Å². The number of hydrogen-bond donors (Lipinski definition) is 2. The van der Waals surface area contributed by atoms with Gasteiger partial charge in [-0.15, -0.1) is 0 Å². The van der Waals surface area contributed by atoms with Crippen LogP contribution in [0.2, 0.25) is 0 Å². The maximum atomic E-state index is 12.0. The number of nitrogen functional groups attached to an aromatic ring is 1. The van der Waals surface area contributed by atoms with Crippen LogP contribution in [0.5, 0.6) is 5.75 Å². The molecule has 2 rings (SSSR count). The van der Waals surface area contributed by atoms with Gasteiger partial charge in [-0.2, -0.15) is 4.37 Å². The monoisotopic (exact) mass is 324 g/mol. The SMILES string of the molecule is CCc1nsc(SCC(=O)Nc2ccc(N)cc2OC)n1. The largest absolute Gasteiger partial charge is 0.494 e. The third kappa shape index (κ3) is 4.33. The molecule has 1 amide bonds. The minimum absolute atomic E-state index is 0.128. The summed E-state index contributed by atoms with van der Waals surface area (Å²) >= 11 is 2.68. The Hall–Kier alpha value is -1.80. The second kappa shape index (κ2) is 7.28. The number of rotatable bonds is 6. The molecule has 1 aromatic heterocycles. The first kappa shape index (κ1) is 15.6. The van der Waals surface area contributed by atoms with E-state index < -0.39 is 0 Å². The van der Waals surface area contributed by atoms with Gasteiger partial charge in [-0.05, 0) is 23.7 Å². The number of hydrogen-bond acceptors (Lipinski definition) is 7. The average molecular weight is 324 g/mol. The van der Waals surface area contributed by atoms with Crippen LogP contribution < -0.4 is 15.8 Å². The number of aryl methyl sites for hydroxylation is 1. The van der Waals surface area contributed by atoms with E-state index in [4.69, 9.17) is 10.5 Å². The van der Waals surface area contributed by atoms with E-state index in [1.165, 1.54) is 30.4 Å². The van der Waals surface area contributed by atoms with Crippen molar-refractivity contribution in [2.75, 3.05) is 23.9 Å². The number of carbonyl (C=O) groups is 1. The molecule has 0 unspecified atom stereocenters. The van der Waals surface area contributed by atoms with E-state index in [-0.39, 0.29) is 11.7 Å². The minimum Gasteiger partial charge on any atom is -0.494 e. The second-order valence-electron chi connectivity index (χ2n) is 4.13. The maximum Gasteiger partial charge on any atom is 0.234 e. The first-order valence-corrected chi connectivity index (χ1v) is 8.07. The number of nitrogens with zero attached hydrogens (tertiary/aromatic N) is 2. The number of nitrogens with one attached hydrogen (secondary N) is 1. The van der Waals surface area contributed by atoms with Crippen LogP contribution in [0.25, 0.3) is 0 Å². The molecule has 0 saturated carbocycles. The zero-order chi connectivity index (χ0) is 15.2. The number of aromatic nitrogens is 2. The smallest absolute Gasteiger partial charge is 0.234 e. The van der Waals surface area contributed by atoms with E-state index >= 15 is 0 Å². The van der Waals surface area contributed by atoms with Gasteiger partial charge in [0.05, 0.1) is 18.6 Å². The Kier molecular flexibility index (Phi) is 5.40. The Morgan fingerprint density at radius 2 is 2.33 bits per heavy atom. The van der Waals surface area contributed by atoms with E-state index in [1.54, 1.807) is 18.2 Å². The van der Waals surface area contributed by atoms with Crippen molar-refractivity contribution in [3.05, 3.63) is 24.0 Å². The number of carbonyl (C=O) groups excluding carboxylic acids is 1. The Morgan fingerprint density at radius 3 is 3.00 bits per heavy atom. The molecule has 1 heterocycles. The molecule has 0 aliphatic carbocycles. The van der Waals surface area contributed by atoms with Gasteiger partial charge in [0.25, 0.3) is 0 Å². The Balaban J connectivity index is 1.92. The number of methoxy groups -OCH3 is 1. The molecular formula is C13H16N4O2S2. The fraction of sp³-hybridized carbons (Fsp3) is 0.308. The van der Waals surface area contributed by atoms with Crippen molar-refractivity contribution in [2.45, 2.75) is 17.7 Å². The molecule has 0 bridgehead atoms. The number of nitrogens with two attached hydrogens (primary N) is 1. The molecule has 0 fully saturated rings. The first-order valence-electron chi connectivity index (χ1n) is 6.31. The Bertz CT molecular complexity index is 630. The average Bonchev–Trinajstić information content (AvgIpc) is 2.95. The lowest BCUT2D eigenvalue weighted by Crippen LogP contribution is -2.14. The van der Waals surface area contributed by atoms with Gasteiger partial charge in [0, 0.05) is 18.2 Å². The highest BCUT2D eigenvalue weighted by Gasteiger charge is 2.10. The zero-order valence-corrected chi connectivity index (χ0v) is 13.4. The topological polar surface area (TPSA) is 90.1 Å². The highest BCUT2D eigenvalue weighted by atomic mass is 32.2. The van der Waals surface area contributed by atoms with Crippen molar-refractivity contribution in [1.29, 1.82) is 0 Å². The summed E-state index contributed by atoms with van der Waals surface area (Å²) in [6.45, 7) is 2.00. The molecule has 1 aromatic carbocycles. The molecule has 0 atom stereocenters. The van der Waals surface area contributed by atoms with Crippen LogP contribution in [0.4, 0.5) is 11.4 Å². The van der Waals surface area contributed by atoms with Gasteiger partial charge in [-0.1, -0.05) is 18.7 Å². The standard InChI is InChI=1S/C13H16N4O2S2/c1-3-11-16-13(21-17-11)20-7-12(18)15-9-5-4-8(14)6-10(9)19-2/h4-6H,3,7,14H2,1-2H3,(H,15,18). The molecule has 2 aromatic rings. The van der Waals surface area contributed by atoms with Crippen molar-refractivity contribution in [3.8, 4) is 5.75 Å².